The van der Waals surface area contributed by atoms with Gasteiger partial charge in [-0.2, -0.15) is 0 Å². The number of hydrogen-bond acceptors (Lipinski definition) is 5. The van der Waals surface area contributed by atoms with E-state index in [-0.39, 0.29) is 5.91 Å². The normalized spacial score (nSPS) is 15.7. The van der Waals surface area contributed by atoms with Crippen LogP contribution >= 0.6 is 0 Å². The Morgan fingerprint density at radius 3 is 2.76 bits per heavy atom. The van der Waals surface area contributed by atoms with Crippen molar-refractivity contribution < 1.29 is 9.53 Å². The molecule has 1 fully saturated rings. The minimum Gasteiger partial charge on any atom is -0.385 e. The minimum absolute atomic E-state index is 0.125. The molecule has 0 atom stereocenters. The Morgan fingerprint density at radius 2 is 2.10 bits per heavy atom. The molecule has 0 radical (unpaired) electrons. The molecule has 2 rings (SSSR count). The Hall–Kier alpha value is -1.69. The summed E-state index contributed by atoms with van der Waals surface area (Å²) in [7, 11) is 1.68. The molecule has 0 spiro atoms. The highest BCUT2D eigenvalue weighted by Crippen LogP contribution is 2.17. The zero-order valence-electron chi connectivity index (χ0n) is 12.6. The third kappa shape index (κ3) is 5.30. The smallest absolute Gasteiger partial charge is 0.272 e. The van der Waals surface area contributed by atoms with Crippen LogP contribution in [0.2, 0.25) is 0 Å². The first-order chi connectivity index (χ1) is 10.3. The van der Waals surface area contributed by atoms with Crippen molar-refractivity contribution in [2.75, 3.05) is 25.6 Å². The molecule has 0 aliphatic heterocycles. The number of hydrogen-bond donors (Lipinski definition) is 2. The van der Waals surface area contributed by atoms with Crippen LogP contribution < -0.4 is 10.6 Å². The number of anilines is 1. The van der Waals surface area contributed by atoms with Gasteiger partial charge in [-0.3, -0.25) is 4.79 Å². The zero-order valence-corrected chi connectivity index (χ0v) is 12.6. The van der Waals surface area contributed by atoms with Crippen LogP contribution in [0.5, 0.6) is 0 Å². The molecule has 21 heavy (non-hydrogen) atoms. The van der Waals surface area contributed by atoms with Crippen LogP contribution in [0.3, 0.4) is 0 Å². The average Bonchev–Trinajstić information content (AvgIpc) is 2.53. The van der Waals surface area contributed by atoms with Crippen molar-refractivity contribution in [1.82, 2.24) is 15.5 Å². The van der Waals surface area contributed by atoms with Gasteiger partial charge in [0, 0.05) is 26.3 Å². The quantitative estimate of drug-likeness (QED) is 0.752. The maximum atomic E-state index is 12.1. The lowest BCUT2D eigenvalue weighted by atomic mass is 9.95. The summed E-state index contributed by atoms with van der Waals surface area (Å²) in [5.41, 5.74) is 0.378. The third-order valence-electron chi connectivity index (χ3n) is 3.67. The van der Waals surface area contributed by atoms with Crippen LogP contribution in [0.25, 0.3) is 0 Å². The monoisotopic (exact) mass is 292 g/mol. The maximum Gasteiger partial charge on any atom is 0.272 e. The predicted molar refractivity (Wildman–Crippen MR) is 81.4 cm³/mol. The molecule has 6 heteroatoms. The SMILES string of the molecule is COCCCNc1ccc(C(=O)NC2CCCCC2)nn1. The number of carbonyl (C=O) groups is 1. The van der Waals surface area contributed by atoms with Gasteiger partial charge in [-0.25, -0.2) is 0 Å². The molecular weight excluding hydrogens is 268 g/mol. The molecule has 2 N–H and O–H groups in total. The summed E-state index contributed by atoms with van der Waals surface area (Å²) in [5.74, 6) is 0.556. The summed E-state index contributed by atoms with van der Waals surface area (Å²) in [6, 6.07) is 3.79. The lowest BCUT2D eigenvalue weighted by molar-refractivity contribution is 0.0921. The second-order valence-electron chi connectivity index (χ2n) is 5.39. The first-order valence-electron chi connectivity index (χ1n) is 7.67. The second kappa shape index (κ2) is 8.56. The molecular formula is C15H24N4O2. The van der Waals surface area contributed by atoms with E-state index in [1.807, 2.05) is 0 Å². The van der Waals surface area contributed by atoms with Gasteiger partial charge in [0.15, 0.2) is 5.69 Å². The zero-order chi connectivity index (χ0) is 14.9. The topological polar surface area (TPSA) is 76.1 Å². The van der Waals surface area contributed by atoms with E-state index in [0.717, 1.165) is 25.8 Å². The molecule has 6 nitrogen and oxygen atoms in total. The van der Waals surface area contributed by atoms with Crippen molar-refractivity contribution in [2.45, 2.75) is 44.6 Å². The largest absolute Gasteiger partial charge is 0.385 e. The molecule has 1 heterocycles. The number of ether oxygens (including phenoxy) is 1. The average molecular weight is 292 g/mol. The summed E-state index contributed by atoms with van der Waals surface area (Å²) >= 11 is 0. The number of nitrogens with one attached hydrogen (secondary N) is 2. The van der Waals surface area contributed by atoms with Crippen LogP contribution in [0.15, 0.2) is 12.1 Å². The van der Waals surface area contributed by atoms with E-state index in [1.54, 1.807) is 19.2 Å². The molecule has 0 saturated heterocycles. The van der Waals surface area contributed by atoms with Gasteiger partial charge < -0.3 is 15.4 Å². The van der Waals surface area contributed by atoms with Crippen molar-refractivity contribution in [3.63, 3.8) is 0 Å². The van der Waals surface area contributed by atoms with E-state index in [2.05, 4.69) is 20.8 Å². The molecule has 1 saturated carbocycles. The molecule has 1 aliphatic carbocycles. The Balaban J connectivity index is 1.78. The first-order valence-corrected chi connectivity index (χ1v) is 7.67. The van der Waals surface area contributed by atoms with E-state index in [9.17, 15) is 4.79 Å². The Bertz CT molecular complexity index is 430. The van der Waals surface area contributed by atoms with Crippen molar-refractivity contribution >= 4 is 11.7 Å². The number of nitrogens with zero attached hydrogens (tertiary/aromatic N) is 2. The van der Waals surface area contributed by atoms with Crippen LogP contribution in [0.4, 0.5) is 5.82 Å². The van der Waals surface area contributed by atoms with Crippen molar-refractivity contribution in [3.05, 3.63) is 17.8 Å². The van der Waals surface area contributed by atoms with E-state index in [0.29, 0.717) is 24.2 Å². The fraction of sp³-hybridized carbons (Fsp3) is 0.667. The summed E-state index contributed by atoms with van der Waals surface area (Å²) in [4.78, 5) is 12.1. The van der Waals surface area contributed by atoms with Crippen LogP contribution in [0.1, 0.15) is 49.0 Å². The van der Waals surface area contributed by atoms with Gasteiger partial charge in [0.1, 0.15) is 5.82 Å². The Kier molecular flexibility index (Phi) is 6.40. The highest BCUT2D eigenvalue weighted by Gasteiger charge is 2.17. The highest BCUT2D eigenvalue weighted by molar-refractivity contribution is 5.92. The standard InChI is InChI=1S/C15H24N4O2/c1-21-11-5-10-16-14-9-8-13(18-19-14)15(20)17-12-6-3-2-4-7-12/h8-9,12H,2-7,10-11H2,1H3,(H,16,19)(H,17,20). The number of methoxy groups -OCH3 is 1. The summed E-state index contributed by atoms with van der Waals surface area (Å²) in [5, 5.41) is 14.2. The number of carbonyl (C=O) groups excluding carboxylic acids is 1. The maximum absolute atomic E-state index is 12.1. The fourth-order valence-electron chi connectivity index (χ4n) is 2.49. The highest BCUT2D eigenvalue weighted by atomic mass is 16.5. The van der Waals surface area contributed by atoms with Gasteiger partial charge in [-0.15, -0.1) is 10.2 Å². The fourth-order valence-corrected chi connectivity index (χ4v) is 2.49. The molecule has 1 amide bonds. The van der Waals surface area contributed by atoms with E-state index >= 15 is 0 Å². The minimum atomic E-state index is -0.125. The van der Waals surface area contributed by atoms with E-state index in [1.165, 1.54) is 19.3 Å². The first kappa shape index (κ1) is 15.7. The summed E-state index contributed by atoms with van der Waals surface area (Å²) in [6.07, 6.45) is 6.70. The second-order valence-corrected chi connectivity index (χ2v) is 5.39. The van der Waals surface area contributed by atoms with Gasteiger partial charge in [0.05, 0.1) is 0 Å². The van der Waals surface area contributed by atoms with E-state index in [4.69, 9.17) is 4.74 Å². The van der Waals surface area contributed by atoms with Crippen molar-refractivity contribution in [2.24, 2.45) is 0 Å². The molecule has 116 valence electrons. The molecule has 0 unspecified atom stereocenters. The molecule has 1 aliphatic rings. The number of rotatable bonds is 7. The van der Waals surface area contributed by atoms with E-state index < -0.39 is 0 Å². The Morgan fingerprint density at radius 1 is 1.29 bits per heavy atom. The number of amides is 1. The van der Waals surface area contributed by atoms with Gasteiger partial charge in [0.2, 0.25) is 0 Å². The molecule has 0 bridgehead atoms. The lowest BCUT2D eigenvalue weighted by Crippen LogP contribution is -2.36. The Labute approximate surface area is 125 Å². The van der Waals surface area contributed by atoms with Crippen LogP contribution in [-0.2, 0) is 4.74 Å². The third-order valence-corrected chi connectivity index (χ3v) is 3.67. The van der Waals surface area contributed by atoms with Crippen molar-refractivity contribution in [1.29, 1.82) is 0 Å². The number of aromatic nitrogens is 2. The summed E-state index contributed by atoms with van der Waals surface area (Å²) in [6.45, 7) is 1.48. The molecule has 1 aromatic heterocycles. The van der Waals surface area contributed by atoms with Gasteiger partial charge in [0.25, 0.3) is 5.91 Å². The van der Waals surface area contributed by atoms with Gasteiger partial charge in [-0.1, -0.05) is 19.3 Å². The van der Waals surface area contributed by atoms with Gasteiger partial charge in [-0.05, 0) is 31.4 Å². The van der Waals surface area contributed by atoms with Crippen LogP contribution in [-0.4, -0.2) is 42.4 Å². The predicted octanol–water partition coefficient (Wildman–Crippen LogP) is 1.99. The van der Waals surface area contributed by atoms with Crippen LogP contribution in [0, 0.1) is 0 Å². The lowest BCUT2D eigenvalue weighted by Gasteiger charge is -2.22. The van der Waals surface area contributed by atoms with Gasteiger partial charge >= 0.3 is 0 Å². The summed E-state index contributed by atoms with van der Waals surface area (Å²) < 4.78 is 4.97. The van der Waals surface area contributed by atoms with Crippen molar-refractivity contribution in [3.8, 4) is 0 Å². The molecule has 0 aromatic carbocycles. The molecule has 1 aromatic rings.